The third kappa shape index (κ3) is 25.6. The summed E-state index contributed by atoms with van der Waals surface area (Å²) < 4.78 is 5.94. The van der Waals surface area contributed by atoms with E-state index in [0.717, 1.165) is 6.92 Å². The second-order valence-electron chi connectivity index (χ2n) is 24.8. The first-order chi connectivity index (χ1) is 42.4. The number of guanidine groups is 1. The van der Waals surface area contributed by atoms with E-state index in [1.165, 1.54) is 51.1 Å². The van der Waals surface area contributed by atoms with Crippen LogP contribution in [0.2, 0.25) is 0 Å². The Morgan fingerprint density at radius 3 is 1.76 bits per heavy atom. The van der Waals surface area contributed by atoms with Crippen molar-refractivity contribution >= 4 is 76.9 Å². The Labute approximate surface area is 530 Å². The molecule has 32 heteroatoms. The summed E-state index contributed by atoms with van der Waals surface area (Å²) in [7, 11) is 0. The number of ether oxygens (including phenoxy) is 1. The average molecular weight is 1290 g/mol. The highest BCUT2D eigenvalue weighted by molar-refractivity contribution is 6.00. The molecule has 1 aromatic carbocycles. The van der Waals surface area contributed by atoms with Crippen molar-refractivity contribution in [2.24, 2.45) is 57.5 Å². The van der Waals surface area contributed by atoms with Crippen molar-refractivity contribution in [1.29, 1.82) is 0 Å². The number of carbonyl (C=O) groups is 12. The zero-order valence-electron chi connectivity index (χ0n) is 54.0. The third-order valence-corrected chi connectivity index (χ3v) is 14.7. The first-order valence-electron chi connectivity index (χ1n) is 30.4. The average Bonchev–Trinajstić information content (AvgIpc) is 1.45. The normalized spacial score (nSPS) is 24.9. The summed E-state index contributed by atoms with van der Waals surface area (Å²) in [5, 5.41) is 68.2. The Balaban J connectivity index is 3.15. The number of benzene rings is 1. The molecule has 1 saturated heterocycles. The number of carbonyl (C=O) groups excluding carboxylic acids is 12. The molecule has 1 aliphatic rings. The van der Waals surface area contributed by atoms with Crippen LogP contribution in [0.3, 0.4) is 0 Å². The molecule has 0 bridgehead atoms. The maximum absolute atomic E-state index is 15.4. The molecule has 0 spiro atoms. The minimum atomic E-state index is -2.58. The second kappa shape index (κ2) is 37.3. The van der Waals surface area contributed by atoms with Crippen LogP contribution in [0.5, 0.6) is 0 Å². The molecule has 1 aromatic rings. The molecule has 91 heavy (non-hydrogen) atoms. The van der Waals surface area contributed by atoms with Crippen LogP contribution in [0.25, 0.3) is 0 Å². The zero-order valence-corrected chi connectivity index (χ0v) is 54.0. The van der Waals surface area contributed by atoms with E-state index in [4.69, 9.17) is 27.7 Å². The zero-order chi connectivity index (χ0) is 69.4. The van der Waals surface area contributed by atoms with Crippen molar-refractivity contribution in [3.8, 4) is 0 Å². The molecule has 2 rings (SSSR count). The van der Waals surface area contributed by atoms with Crippen molar-refractivity contribution in [2.75, 3.05) is 19.7 Å². The van der Waals surface area contributed by atoms with Gasteiger partial charge in [0, 0.05) is 6.54 Å². The summed E-state index contributed by atoms with van der Waals surface area (Å²) in [5.41, 5.74) is 21.3. The highest BCUT2D eigenvalue weighted by Gasteiger charge is 2.44. The van der Waals surface area contributed by atoms with Crippen molar-refractivity contribution in [3.63, 3.8) is 0 Å². The second-order valence-corrected chi connectivity index (χ2v) is 24.8. The lowest BCUT2D eigenvalue weighted by atomic mass is 9.90. The summed E-state index contributed by atoms with van der Waals surface area (Å²) in [4.78, 5) is 174. The van der Waals surface area contributed by atoms with Crippen LogP contribution in [0.1, 0.15) is 133 Å². The van der Waals surface area contributed by atoms with Gasteiger partial charge in [-0.2, -0.15) is 0 Å². The first-order valence-corrected chi connectivity index (χ1v) is 30.4. The molecule has 512 valence electrons. The van der Waals surface area contributed by atoms with E-state index in [2.05, 4.69) is 47.5 Å². The molecule has 11 amide bonds. The molecule has 0 unspecified atom stereocenters. The van der Waals surface area contributed by atoms with Crippen molar-refractivity contribution in [1.82, 2.24) is 53.2 Å². The summed E-state index contributed by atoms with van der Waals surface area (Å²) in [6.07, 6.45) is -8.10. The number of primary amides is 1. The van der Waals surface area contributed by atoms with Gasteiger partial charge in [0.2, 0.25) is 65.0 Å². The monoisotopic (exact) mass is 1290 g/mol. The van der Waals surface area contributed by atoms with Crippen molar-refractivity contribution < 1.29 is 82.7 Å². The fourth-order valence-electron chi connectivity index (χ4n) is 9.62. The van der Waals surface area contributed by atoms with Gasteiger partial charge in [-0.15, -0.1) is 0 Å². The van der Waals surface area contributed by atoms with Gasteiger partial charge in [-0.05, 0) is 81.1 Å². The van der Waals surface area contributed by atoms with Gasteiger partial charge < -0.3 is 101 Å². The summed E-state index contributed by atoms with van der Waals surface area (Å²) >= 11 is 0. The number of hydrogen-bond donors (Lipinski definition) is 18. The molecule has 0 saturated carbocycles. The number of nitrogens with one attached hydrogen (secondary N) is 10. The van der Waals surface area contributed by atoms with Crippen LogP contribution in [-0.2, 0) is 62.3 Å². The molecule has 22 N–H and O–H groups in total. The summed E-state index contributed by atoms with van der Waals surface area (Å²) in [6, 6.07) is -9.68. The number of nitrogens with two attached hydrogens (primary N) is 4. The highest BCUT2D eigenvalue weighted by Crippen LogP contribution is 2.25. The van der Waals surface area contributed by atoms with Crippen LogP contribution in [0.15, 0.2) is 35.3 Å². The minimum Gasteiger partial charge on any atom is -0.453 e. The van der Waals surface area contributed by atoms with Crippen LogP contribution >= 0.6 is 0 Å². The topological polar surface area (TPSA) is 532 Å². The van der Waals surface area contributed by atoms with Crippen LogP contribution in [0.4, 0.5) is 0 Å². The fraction of sp³-hybridized carbons (Fsp3) is 0.678. The van der Waals surface area contributed by atoms with E-state index >= 15 is 4.79 Å². The van der Waals surface area contributed by atoms with Crippen molar-refractivity contribution in [2.45, 2.75) is 206 Å². The Kier molecular flexibility index (Phi) is 32.4. The van der Waals surface area contributed by atoms with Crippen molar-refractivity contribution in [3.05, 3.63) is 35.9 Å². The number of aliphatic hydroxyl groups excluding tert-OH is 4. The van der Waals surface area contributed by atoms with Gasteiger partial charge in [-0.25, -0.2) is 4.79 Å². The first kappa shape index (κ1) is 79.0. The molecule has 1 fully saturated rings. The van der Waals surface area contributed by atoms with Gasteiger partial charge in [0.15, 0.2) is 24.2 Å². The number of esters is 1. The van der Waals surface area contributed by atoms with E-state index < -0.39 is 180 Å². The SMILES string of the molecule is CC[C@H](C)[C@@H]1NC(=O)[C@@H](CCCN=C(N)N)NC(=O)[C@H](CC(C)C)NC(=O)[C@H]([C@H](O)C(C)C)NC(=O)[C@@H](NC(=O)[C@H](CC(C)C)NC(=O)[C@](C)(N)CC(C)C)[C@@H](c2ccccc2)OC(=O)[C@H](CO)NC(=O)[C@H]([C@H](O)C(N)=O)NC(=O)CNC(=O)[C@H]([C@H](C)O)NC1=O. The van der Waals surface area contributed by atoms with Gasteiger partial charge in [0.25, 0.3) is 0 Å². The summed E-state index contributed by atoms with van der Waals surface area (Å²) in [6.45, 7) is 16.8. The molecule has 32 nitrogen and oxygen atoms in total. The Morgan fingerprint density at radius 1 is 0.681 bits per heavy atom. The lowest BCUT2D eigenvalue weighted by Crippen LogP contribution is -2.64. The van der Waals surface area contributed by atoms with Crippen LogP contribution in [-0.4, -0.2) is 195 Å². The van der Waals surface area contributed by atoms with E-state index in [0.29, 0.717) is 0 Å². The number of amides is 11. The smallest absolute Gasteiger partial charge is 0.331 e. The Bertz CT molecular complexity index is 2690. The number of cyclic esters (lactones) is 1. The minimum absolute atomic E-state index is 0.0455. The maximum atomic E-state index is 15.4. The molecular formula is C59H99N15O17. The fourth-order valence-corrected chi connectivity index (χ4v) is 9.62. The van der Waals surface area contributed by atoms with Crippen LogP contribution < -0.4 is 76.1 Å². The highest BCUT2D eigenvalue weighted by atomic mass is 16.5. The maximum Gasteiger partial charge on any atom is 0.331 e. The standard InChI is InChI=1S/C59H99N15O17/c1-13-31(10)39-52(85)72-40(32(11)76)51(84)65-25-38(77)70-42(45(79)47(60)80)54(87)68-37(26-75)56(89)91-46(33-18-15-14-16-19-33)43(74-50(83)36(23-28(4)5)69-57(90)59(12,63)24-29(6)7)55(88)73-41(44(78)30(8)9)53(86)67-35(22-27(2)3)49(82)66-34(48(81)71-39)20-17-21-64-58(61)62/h14-16,18-19,27-32,34-37,39-46,75-76,78-79H,13,17,20-26,63H2,1-12H3,(H2,60,80)(H,65,84)(H,66,82)(H,67,86)(H,68,87)(H,69,90)(H,70,77)(H,71,81)(H,72,85)(H,73,88)(H,74,83)(H4,61,62,64)/t31-,32-,34+,35-,36-,37-,39-,40-,41-,42-,43-,44+,45-,46+,59+/m0/s1. The molecular weight excluding hydrogens is 1190 g/mol. The summed E-state index contributed by atoms with van der Waals surface area (Å²) in [5.74, 6) is -17.3. The van der Waals surface area contributed by atoms with Gasteiger partial charge >= 0.3 is 5.97 Å². The lowest BCUT2D eigenvalue weighted by Gasteiger charge is -2.34. The van der Waals surface area contributed by atoms with Gasteiger partial charge in [-0.3, -0.25) is 57.7 Å². The van der Waals surface area contributed by atoms with E-state index in [9.17, 15) is 73.2 Å². The quantitative estimate of drug-likeness (QED) is 0.0211. The molecule has 0 aliphatic carbocycles. The predicted octanol–water partition coefficient (Wildman–Crippen LogP) is -5.04. The molecule has 0 radical (unpaired) electrons. The van der Waals surface area contributed by atoms with Gasteiger partial charge in [0.05, 0.1) is 30.9 Å². The van der Waals surface area contributed by atoms with Gasteiger partial charge in [-0.1, -0.05) is 106 Å². The molecule has 15 atom stereocenters. The lowest BCUT2D eigenvalue weighted by molar-refractivity contribution is -0.159. The van der Waals surface area contributed by atoms with E-state index in [1.54, 1.807) is 41.5 Å². The predicted molar refractivity (Wildman–Crippen MR) is 331 cm³/mol. The number of nitrogens with zero attached hydrogens (tertiary/aromatic N) is 1. The molecule has 1 aliphatic heterocycles. The largest absolute Gasteiger partial charge is 0.453 e. The number of hydrogen-bond acceptors (Lipinski definition) is 19. The van der Waals surface area contributed by atoms with Crippen LogP contribution in [0, 0.1) is 29.6 Å². The number of rotatable bonds is 23. The molecule has 1 heterocycles. The Morgan fingerprint density at radius 2 is 1.23 bits per heavy atom. The number of aliphatic hydroxyl groups is 4. The Hall–Kier alpha value is -8.07. The number of aliphatic imine (C=N–C) groups is 1. The third-order valence-electron chi connectivity index (χ3n) is 14.7. The van der Waals surface area contributed by atoms with E-state index in [1.807, 2.05) is 24.5 Å². The van der Waals surface area contributed by atoms with Gasteiger partial charge in [0.1, 0.15) is 48.3 Å². The van der Waals surface area contributed by atoms with E-state index in [-0.39, 0.29) is 74.3 Å². The molecule has 0 aromatic heterocycles.